The third-order valence-electron chi connectivity index (χ3n) is 5.79. The lowest BCUT2D eigenvalue weighted by Gasteiger charge is -2.24. The number of halogens is 1. The van der Waals surface area contributed by atoms with Gasteiger partial charge in [-0.15, -0.1) is 0 Å². The van der Waals surface area contributed by atoms with E-state index in [1.165, 1.54) is 30.5 Å². The monoisotopic (exact) mass is 506 g/mol. The Morgan fingerprint density at radius 3 is 2.46 bits per heavy atom. The minimum Gasteiger partial charge on any atom is -0.507 e. The number of benzene rings is 3. The largest absolute Gasteiger partial charge is 0.507 e. The van der Waals surface area contributed by atoms with E-state index in [0.29, 0.717) is 38.3 Å². The number of para-hydroxylation sites is 1. The summed E-state index contributed by atoms with van der Waals surface area (Å²) < 4.78 is 11.8. The number of methoxy groups -OCH3 is 2. The van der Waals surface area contributed by atoms with Crippen LogP contribution in [-0.2, 0) is 9.59 Å². The Kier molecular flexibility index (Phi) is 5.92. The molecular formula is C26H19ClN2O5S. The summed E-state index contributed by atoms with van der Waals surface area (Å²) in [6, 6.07) is 17.9. The number of amides is 1. The van der Waals surface area contributed by atoms with E-state index in [1.54, 1.807) is 42.5 Å². The highest BCUT2D eigenvalue weighted by Gasteiger charge is 2.49. The van der Waals surface area contributed by atoms with Crippen molar-refractivity contribution < 1.29 is 24.2 Å². The molecule has 0 bridgehead atoms. The number of ether oxygens (including phenoxy) is 2. The Morgan fingerprint density at radius 2 is 1.77 bits per heavy atom. The van der Waals surface area contributed by atoms with Crippen molar-refractivity contribution in [1.82, 2.24) is 4.98 Å². The van der Waals surface area contributed by atoms with Crippen molar-refractivity contribution >= 4 is 55.7 Å². The third-order valence-corrected chi connectivity index (χ3v) is 7.07. The second-order valence-corrected chi connectivity index (χ2v) is 9.19. The van der Waals surface area contributed by atoms with Crippen molar-refractivity contribution in [3.63, 3.8) is 0 Å². The number of rotatable bonds is 5. The van der Waals surface area contributed by atoms with Gasteiger partial charge in [0.25, 0.3) is 5.78 Å². The summed E-state index contributed by atoms with van der Waals surface area (Å²) in [4.78, 5) is 32.7. The van der Waals surface area contributed by atoms with Gasteiger partial charge in [-0.25, -0.2) is 4.98 Å². The first kappa shape index (κ1) is 22.9. The summed E-state index contributed by atoms with van der Waals surface area (Å²) in [5.74, 6) is -0.988. The van der Waals surface area contributed by atoms with Gasteiger partial charge >= 0.3 is 5.91 Å². The molecule has 9 heteroatoms. The summed E-state index contributed by atoms with van der Waals surface area (Å²) in [5, 5.41) is 12.1. The van der Waals surface area contributed by atoms with E-state index in [4.69, 9.17) is 21.1 Å². The van der Waals surface area contributed by atoms with Crippen LogP contribution in [-0.4, -0.2) is 36.0 Å². The van der Waals surface area contributed by atoms with E-state index in [0.717, 1.165) is 4.70 Å². The molecule has 35 heavy (non-hydrogen) atoms. The summed E-state index contributed by atoms with van der Waals surface area (Å²) in [7, 11) is 3.02. The average Bonchev–Trinajstić information content (AvgIpc) is 3.42. The third kappa shape index (κ3) is 3.90. The van der Waals surface area contributed by atoms with Gasteiger partial charge in [0.2, 0.25) is 0 Å². The number of aromatic nitrogens is 1. The van der Waals surface area contributed by atoms with E-state index in [1.807, 2.05) is 24.3 Å². The van der Waals surface area contributed by atoms with Gasteiger partial charge in [0, 0.05) is 22.2 Å². The zero-order chi connectivity index (χ0) is 24.7. The van der Waals surface area contributed by atoms with E-state index in [-0.39, 0.29) is 11.3 Å². The quantitative estimate of drug-likeness (QED) is 0.215. The highest BCUT2D eigenvalue weighted by molar-refractivity contribution is 7.22. The molecule has 0 radical (unpaired) electrons. The molecule has 1 atom stereocenters. The molecule has 0 aliphatic carbocycles. The number of hydrogen-bond acceptors (Lipinski definition) is 7. The predicted octanol–water partition coefficient (Wildman–Crippen LogP) is 5.59. The van der Waals surface area contributed by atoms with E-state index in [9.17, 15) is 14.7 Å². The van der Waals surface area contributed by atoms with Gasteiger partial charge in [-0.05, 0) is 48.5 Å². The van der Waals surface area contributed by atoms with Crippen LogP contribution in [0, 0.1) is 0 Å². The fourth-order valence-electron chi connectivity index (χ4n) is 4.09. The normalized spacial score (nSPS) is 17.2. The topological polar surface area (TPSA) is 89.0 Å². The van der Waals surface area contributed by atoms with Crippen molar-refractivity contribution in [3.05, 3.63) is 88.5 Å². The molecule has 7 nitrogen and oxygen atoms in total. The number of thiazole rings is 1. The molecule has 2 heterocycles. The number of carbonyl (C=O) groups excluding carboxylic acids is 2. The number of fused-ring (bicyclic) bond motifs is 1. The molecule has 1 unspecified atom stereocenters. The van der Waals surface area contributed by atoms with Crippen LogP contribution in [0.5, 0.6) is 11.5 Å². The number of Topliss-reactive ketones (excluding diaryl/α,β-unsaturated/α-hetero) is 1. The smallest absolute Gasteiger partial charge is 0.301 e. The minimum atomic E-state index is -0.980. The Labute approximate surface area is 209 Å². The van der Waals surface area contributed by atoms with E-state index in [2.05, 4.69) is 4.98 Å². The minimum absolute atomic E-state index is 0.0694. The first-order chi connectivity index (χ1) is 16.9. The first-order valence-electron chi connectivity index (χ1n) is 10.6. The number of carbonyl (C=O) groups is 2. The number of nitrogens with zero attached hydrogens (tertiary/aromatic N) is 2. The number of aliphatic hydroxyl groups is 1. The molecule has 1 aliphatic heterocycles. The van der Waals surface area contributed by atoms with E-state index >= 15 is 0 Å². The van der Waals surface area contributed by atoms with Crippen LogP contribution in [0.15, 0.2) is 72.3 Å². The Morgan fingerprint density at radius 1 is 1.03 bits per heavy atom. The highest BCUT2D eigenvalue weighted by Crippen LogP contribution is 2.47. The molecule has 1 fully saturated rings. The predicted molar refractivity (Wildman–Crippen MR) is 135 cm³/mol. The molecule has 1 aliphatic rings. The van der Waals surface area contributed by atoms with Crippen LogP contribution >= 0.6 is 22.9 Å². The summed E-state index contributed by atoms with van der Waals surface area (Å²) in [6.45, 7) is 0. The van der Waals surface area contributed by atoms with E-state index < -0.39 is 17.7 Å². The molecule has 0 spiro atoms. The Hall–Kier alpha value is -3.88. The van der Waals surface area contributed by atoms with Crippen LogP contribution in [0.4, 0.5) is 5.13 Å². The fraction of sp³-hybridized carbons (Fsp3) is 0.115. The molecule has 1 N–H and O–H groups in total. The van der Waals surface area contributed by atoms with Gasteiger partial charge in [-0.3, -0.25) is 14.5 Å². The lowest BCUT2D eigenvalue weighted by Crippen LogP contribution is -2.29. The number of aliphatic hydroxyl groups excluding tert-OH is 1. The first-order valence-corrected chi connectivity index (χ1v) is 11.8. The SMILES string of the molecule is COc1ccc(C2/C(=C(/O)c3ccc(Cl)cc3)C(=O)C(=O)N2c2nc3ccccc3s2)c(OC)c1. The lowest BCUT2D eigenvalue weighted by atomic mass is 9.94. The second-order valence-electron chi connectivity index (χ2n) is 7.75. The molecule has 3 aromatic carbocycles. The highest BCUT2D eigenvalue weighted by atomic mass is 35.5. The average molecular weight is 507 g/mol. The molecule has 1 aromatic heterocycles. The molecule has 176 valence electrons. The second kappa shape index (κ2) is 9.05. The standard InChI is InChI=1S/C26H19ClN2O5S/c1-33-16-11-12-17(19(13-16)34-2)22-21(23(30)14-7-9-15(27)10-8-14)24(31)25(32)29(22)26-28-18-5-3-4-6-20(18)35-26/h3-13,22,30H,1-2H3/b23-21-. The Balaban J connectivity index is 1.77. The van der Waals surface area contributed by atoms with Crippen molar-refractivity contribution in [3.8, 4) is 11.5 Å². The van der Waals surface area contributed by atoms with Crippen LogP contribution in [0.25, 0.3) is 16.0 Å². The number of hydrogen-bond donors (Lipinski definition) is 1. The molecule has 1 amide bonds. The molecule has 0 saturated carbocycles. The van der Waals surface area contributed by atoms with Crippen LogP contribution in [0.3, 0.4) is 0 Å². The molecule has 5 rings (SSSR count). The number of ketones is 1. The fourth-order valence-corrected chi connectivity index (χ4v) is 5.21. The molecular weight excluding hydrogens is 488 g/mol. The van der Waals surface area contributed by atoms with Crippen LogP contribution in [0.1, 0.15) is 17.2 Å². The molecule has 4 aromatic rings. The maximum absolute atomic E-state index is 13.4. The van der Waals surface area contributed by atoms with Crippen molar-refractivity contribution in [2.75, 3.05) is 19.1 Å². The van der Waals surface area contributed by atoms with Crippen molar-refractivity contribution in [1.29, 1.82) is 0 Å². The van der Waals surface area contributed by atoms with Gasteiger partial charge in [0.05, 0.1) is 30.0 Å². The van der Waals surface area contributed by atoms with Crippen LogP contribution < -0.4 is 14.4 Å². The summed E-state index contributed by atoms with van der Waals surface area (Å²) in [6.07, 6.45) is 0. The summed E-state index contributed by atoms with van der Waals surface area (Å²) >= 11 is 7.29. The van der Waals surface area contributed by atoms with Gasteiger partial charge in [-0.2, -0.15) is 0 Å². The van der Waals surface area contributed by atoms with Gasteiger partial charge < -0.3 is 14.6 Å². The summed E-state index contributed by atoms with van der Waals surface area (Å²) in [5.41, 5.74) is 1.49. The zero-order valence-electron chi connectivity index (χ0n) is 18.7. The maximum Gasteiger partial charge on any atom is 0.301 e. The van der Waals surface area contributed by atoms with Crippen LogP contribution in [0.2, 0.25) is 5.02 Å². The van der Waals surface area contributed by atoms with Gasteiger partial charge in [0.1, 0.15) is 23.3 Å². The molecule has 1 saturated heterocycles. The zero-order valence-corrected chi connectivity index (χ0v) is 20.3. The lowest BCUT2D eigenvalue weighted by molar-refractivity contribution is -0.132. The van der Waals surface area contributed by atoms with Gasteiger partial charge in [-0.1, -0.05) is 35.1 Å². The number of anilines is 1. The maximum atomic E-state index is 13.4. The van der Waals surface area contributed by atoms with Crippen molar-refractivity contribution in [2.24, 2.45) is 0 Å². The Bertz CT molecular complexity index is 1460. The van der Waals surface area contributed by atoms with Gasteiger partial charge in [0.15, 0.2) is 5.13 Å². The van der Waals surface area contributed by atoms with Crippen molar-refractivity contribution in [2.45, 2.75) is 6.04 Å².